The number of hydrogen-bond donors (Lipinski definition) is 1. The van der Waals surface area contributed by atoms with Gasteiger partial charge in [0.15, 0.2) is 0 Å². The van der Waals surface area contributed by atoms with Gasteiger partial charge in [0.05, 0.1) is 11.9 Å². The number of anilines is 1. The molecular weight excluding hydrogens is 529 g/mol. The van der Waals surface area contributed by atoms with Crippen LogP contribution in [0.2, 0.25) is 0 Å². The highest BCUT2D eigenvalue weighted by Gasteiger charge is 2.30. The van der Waals surface area contributed by atoms with Gasteiger partial charge in [-0.3, -0.25) is 13.9 Å². The second kappa shape index (κ2) is 14.6. The number of carbonyl (C=O) groups is 2. The summed E-state index contributed by atoms with van der Waals surface area (Å²) in [6, 6.07) is 22.0. The summed E-state index contributed by atoms with van der Waals surface area (Å²) in [5, 5.41) is 2.81. The van der Waals surface area contributed by atoms with Gasteiger partial charge in [0.1, 0.15) is 11.9 Å². The minimum absolute atomic E-state index is 0.0157. The zero-order valence-electron chi connectivity index (χ0n) is 23.3. The Morgan fingerprint density at radius 2 is 1.55 bits per heavy atom. The van der Waals surface area contributed by atoms with Crippen molar-refractivity contribution in [2.24, 2.45) is 0 Å². The third-order valence-corrected chi connectivity index (χ3v) is 7.90. The van der Waals surface area contributed by atoms with Crippen molar-refractivity contribution in [3.8, 4) is 0 Å². The summed E-state index contributed by atoms with van der Waals surface area (Å²) < 4.78 is 41.1. The van der Waals surface area contributed by atoms with Crippen molar-refractivity contribution in [3.05, 3.63) is 101 Å². The number of carbonyl (C=O) groups excluding carboxylic acids is 2. The average molecular weight is 568 g/mol. The number of nitrogens with zero attached hydrogens (tertiary/aromatic N) is 2. The molecule has 0 saturated heterocycles. The van der Waals surface area contributed by atoms with Crippen LogP contribution in [-0.2, 0) is 39.0 Å². The second-order valence-electron chi connectivity index (χ2n) is 9.67. The summed E-state index contributed by atoms with van der Waals surface area (Å²) in [5.74, 6) is -1.15. The molecule has 1 atom stereocenters. The van der Waals surface area contributed by atoms with Gasteiger partial charge in [0, 0.05) is 38.0 Å². The van der Waals surface area contributed by atoms with Crippen LogP contribution in [0.4, 0.5) is 10.1 Å². The highest BCUT2D eigenvalue weighted by molar-refractivity contribution is 7.92. The van der Waals surface area contributed by atoms with Crippen molar-refractivity contribution in [2.45, 2.75) is 52.1 Å². The SMILES string of the molecule is CCNC(=O)[C@@H](Cc1ccccc1)N(Cc1ccccc1F)C(=O)CCCN(c1ccc(CC)cc1)S(C)(=O)=O. The highest BCUT2D eigenvalue weighted by Crippen LogP contribution is 2.21. The lowest BCUT2D eigenvalue weighted by atomic mass is 10.0. The van der Waals surface area contributed by atoms with E-state index in [1.165, 1.54) is 15.3 Å². The molecule has 3 aromatic rings. The molecule has 0 fully saturated rings. The predicted molar refractivity (Wildman–Crippen MR) is 157 cm³/mol. The summed E-state index contributed by atoms with van der Waals surface area (Å²) >= 11 is 0. The van der Waals surface area contributed by atoms with Gasteiger partial charge in [-0.05, 0) is 49.1 Å². The molecule has 0 saturated carbocycles. The Hall–Kier alpha value is -3.72. The molecule has 0 aliphatic rings. The average Bonchev–Trinajstić information content (AvgIpc) is 2.94. The Morgan fingerprint density at radius 3 is 2.15 bits per heavy atom. The maximum Gasteiger partial charge on any atom is 0.243 e. The Bertz CT molecular complexity index is 1360. The Morgan fingerprint density at radius 1 is 0.900 bits per heavy atom. The molecule has 0 aromatic heterocycles. The van der Waals surface area contributed by atoms with Crippen molar-refractivity contribution < 1.29 is 22.4 Å². The lowest BCUT2D eigenvalue weighted by molar-refractivity contribution is -0.141. The van der Waals surface area contributed by atoms with Gasteiger partial charge in [-0.2, -0.15) is 0 Å². The maximum atomic E-state index is 14.7. The number of nitrogens with one attached hydrogen (secondary N) is 1. The van der Waals surface area contributed by atoms with Crippen LogP contribution in [0.15, 0.2) is 78.9 Å². The van der Waals surface area contributed by atoms with Crippen LogP contribution in [0.25, 0.3) is 0 Å². The van der Waals surface area contributed by atoms with E-state index in [9.17, 15) is 22.4 Å². The van der Waals surface area contributed by atoms with Gasteiger partial charge in [0.2, 0.25) is 21.8 Å². The number of sulfonamides is 1. The Kier molecular flexibility index (Phi) is 11.3. The maximum absolute atomic E-state index is 14.7. The normalized spacial score (nSPS) is 12.0. The minimum Gasteiger partial charge on any atom is -0.355 e. The second-order valence-corrected chi connectivity index (χ2v) is 11.6. The molecule has 2 amide bonds. The number of benzene rings is 3. The van der Waals surface area contributed by atoms with E-state index in [-0.39, 0.29) is 44.2 Å². The monoisotopic (exact) mass is 567 g/mol. The van der Waals surface area contributed by atoms with Gasteiger partial charge >= 0.3 is 0 Å². The number of hydrogen-bond acceptors (Lipinski definition) is 4. The molecule has 3 rings (SSSR count). The molecule has 40 heavy (non-hydrogen) atoms. The third kappa shape index (κ3) is 8.64. The Balaban J connectivity index is 1.86. The van der Waals surface area contributed by atoms with E-state index < -0.39 is 21.9 Å². The molecule has 3 aromatic carbocycles. The standard InChI is InChI=1S/C31H38FN3O4S/c1-4-24-17-19-27(20-18-24)35(40(3,38)39)21-11-16-30(36)34(23-26-14-9-10-15-28(26)32)29(31(37)33-5-2)22-25-12-7-6-8-13-25/h6-10,12-15,17-20,29H,4-5,11,16,21-23H2,1-3H3,(H,33,37)/t29-/m1/s1. The predicted octanol–water partition coefficient (Wildman–Crippen LogP) is 4.71. The lowest BCUT2D eigenvalue weighted by Gasteiger charge is -2.32. The quantitative estimate of drug-likeness (QED) is 0.306. The number of likely N-dealkylation sites (N-methyl/N-ethyl adjacent to an activating group) is 1. The van der Waals surface area contributed by atoms with Crippen LogP contribution in [0.5, 0.6) is 0 Å². The number of rotatable bonds is 14. The van der Waals surface area contributed by atoms with Gasteiger partial charge in [-0.25, -0.2) is 12.8 Å². The smallest absolute Gasteiger partial charge is 0.243 e. The molecule has 1 N–H and O–H groups in total. The largest absolute Gasteiger partial charge is 0.355 e. The van der Waals surface area contributed by atoms with Crippen molar-refractivity contribution in [1.29, 1.82) is 0 Å². The molecular formula is C31H38FN3O4S. The van der Waals surface area contributed by atoms with Crippen LogP contribution in [0, 0.1) is 5.82 Å². The minimum atomic E-state index is -3.59. The number of amides is 2. The van der Waals surface area contributed by atoms with E-state index in [0.29, 0.717) is 17.8 Å². The fraction of sp³-hybridized carbons (Fsp3) is 0.355. The molecule has 0 aliphatic carbocycles. The number of aryl methyl sites for hydroxylation is 1. The third-order valence-electron chi connectivity index (χ3n) is 6.71. The fourth-order valence-corrected chi connectivity index (χ4v) is 5.52. The van der Waals surface area contributed by atoms with E-state index in [1.54, 1.807) is 37.3 Å². The number of halogens is 1. The van der Waals surface area contributed by atoms with Crippen molar-refractivity contribution >= 4 is 27.5 Å². The lowest BCUT2D eigenvalue weighted by Crippen LogP contribution is -2.50. The summed E-state index contributed by atoms with van der Waals surface area (Å²) in [5.41, 5.74) is 2.78. The van der Waals surface area contributed by atoms with Gasteiger partial charge < -0.3 is 10.2 Å². The topological polar surface area (TPSA) is 86.8 Å². The van der Waals surface area contributed by atoms with Crippen molar-refractivity contribution in [3.63, 3.8) is 0 Å². The van der Waals surface area contributed by atoms with E-state index >= 15 is 0 Å². The van der Waals surface area contributed by atoms with Crippen molar-refractivity contribution in [1.82, 2.24) is 10.2 Å². The first-order valence-electron chi connectivity index (χ1n) is 13.5. The van der Waals surface area contributed by atoms with E-state index in [0.717, 1.165) is 23.8 Å². The first kappa shape index (κ1) is 30.8. The Labute approximate surface area is 237 Å². The highest BCUT2D eigenvalue weighted by atomic mass is 32.2. The first-order chi connectivity index (χ1) is 19.1. The molecule has 0 radical (unpaired) electrons. The zero-order valence-corrected chi connectivity index (χ0v) is 24.2. The summed E-state index contributed by atoms with van der Waals surface area (Å²) in [6.07, 6.45) is 2.44. The van der Waals surface area contributed by atoms with Crippen LogP contribution in [0.3, 0.4) is 0 Å². The first-order valence-corrected chi connectivity index (χ1v) is 15.4. The van der Waals surface area contributed by atoms with E-state index in [1.807, 2.05) is 49.4 Å². The molecule has 0 aliphatic heterocycles. The molecule has 0 spiro atoms. The fourth-order valence-electron chi connectivity index (χ4n) is 4.56. The van der Waals surface area contributed by atoms with Gasteiger partial charge in [-0.1, -0.05) is 67.6 Å². The molecule has 214 valence electrons. The zero-order chi connectivity index (χ0) is 29.1. The van der Waals surface area contributed by atoms with Gasteiger partial charge in [-0.15, -0.1) is 0 Å². The van der Waals surface area contributed by atoms with Crippen LogP contribution >= 0.6 is 0 Å². The molecule has 7 nitrogen and oxygen atoms in total. The van der Waals surface area contributed by atoms with E-state index in [4.69, 9.17) is 0 Å². The van der Waals surface area contributed by atoms with Crippen LogP contribution < -0.4 is 9.62 Å². The summed E-state index contributed by atoms with van der Waals surface area (Å²) in [6.45, 7) is 4.20. The van der Waals surface area contributed by atoms with Crippen LogP contribution in [0.1, 0.15) is 43.4 Å². The summed E-state index contributed by atoms with van der Waals surface area (Å²) in [7, 11) is -3.59. The molecule has 0 heterocycles. The van der Waals surface area contributed by atoms with Crippen molar-refractivity contribution in [2.75, 3.05) is 23.7 Å². The van der Waals surface area contributed by atoms with E-state index in [2.05, 4.69) is 5.32 Å². The van der Waals surface area contributed by atoms with Crippen LogP contribution in [-0.4, -0.2) is 50.5 Å². The summed E-state index contributed by atoms with van der Waals surface area (Å²) in [4.78, 5) is 28.4. The molecule has 0 bridgehead atoms. The molecule has 9 heteroatoms. The van der Waals surface area contributed by atoms with Gasteiger partial charge in [0.25, 0.3) is 0 Å². The molecule has 0 unspecified atom stereocenters.